The van der Waals surface area contributed by atoms with Gasteiger partial charge in [-0.2, -0.15) is 0 Å². The van der Waals surface area contributed by atoms with Crippen LogP contribution in [0.2, 0.25) is 0 Å². The zero-order valence-electron chi connectivity index (χ0n) is 12.9. The SMILES string of the molecule is O=C1Nc2ccccc2C12CCN(Cc1ccc(F)cc1)CC2. The number of piperidine rings is 1. The smallest absolute Gasteiger partial charge is 0.235 e. The van der Waals surface area contributed by atoms with Crippen molar-refractivity contribution in [1.29, 1.82) is 0 Å². The van der Waals surface area contributed by atoms with Crippen molar-refractivity contribution in [2.45, 2.75) is 24.8 Å². The molecule has 2 aromatic carbocycles. The highest BCUT2D eigenvalue weighted by atomic mass is 19.1. The van der Waals surface area contributed by atoms with Gasteiger partial charge in [0.25, 0.3) is 0 Å². The summed E-state index contributed by atoms with van der Waals surface area (Å²) in [5.41, 5.74) is 2.85. The van der Waals surface area contributed by atoms with E-state index in [0.717, 1.165) is 49.3 Å². The van der Waals surface area contributed by atoms with Gasteiger partial charge < -0.3 is 5.32 Å². The summed E-state index contributed by atoms with van der Waals surface area (Å²) >= 11 is 0. The molecule has 1 saturated heterocycles. The number of anilines is 1. The van der Waals surface area contributed by atoms with Gasteiger partial charge in [-0.3, -0.25) is 9.69 Å². The molecule has 3 nitrogen and oxygen atoms in total. The summed E-state index contributed by atoms with van der Waals surface area (Å²) in [6.07, 6.45) is 1.66. The first-order valence-electron chi connectivity index (χ1n) is 8.05. The minimum atomic E-state index is -0.365. The van der Waals surface area contributed by atoms with Crippen LogP contribution < -0.4 is 5.32 Å². The number of likely N-dealkylation sites (tertiary alicyclic amines) is 1. The molecule has 118 valence electrons. The summed E-state index contributed by atoms with van der Waals surface area (Å²) < 4.78 is 13.0. The number of hydrogen-bond donors (Lipinski definition) is 1. The van der Waals surface area contributed by atoms with Gasteiger partial charge in [-0.25, -0.2) is 4.39 Å². The van der Waals surface area contributed by atoms with Gasteiger partial charge >= 0.3 is 0 Å². The van der Waals surface area contributed by atoms with Crippen LogP contribution in [-0.2, 0) is 16.8 Å². The maximum atomic E-state index is 13.0. The Hall–Kier alpha value is -2.20. The average molecular weight is 310 g/mol. The van der Waals surface area contributed by atoms with Crippen LogP contribution >= 0.6 is 0 Å². The molecule has 4 heteroatoms. The van der Waals surface area contributed by atoms with E-state index in [4.69, 9.17) is 0 Å². The molecule has 0 aliphatic carbocycles. The summed E-state index contributed by atoms with van der Waals surface area (Å²) in [4.78, 5) is 14.9. The van der Waals surface area contributed by atoms with Gasteiger partial charge in [0.15, 0.2) is 0 Å². The zero-order valence-corrected chi connectivity index (χ0v) is 12.9. The quantitative estimate of drug-likeness (QED) is 0.923. The Kier molecular flexibility index (Phi) is 3.42. The summed E-state index contributed by atoms with van der Waals surface area (Å²) in [5.74, 6) is -0.0642. The molecule has 2 aliphatic rings. The maximum Gasteiger partial charge on any atom is 0.235 e. The van der Waals surface area contributed by atoms with Crippen LogP contribution in [0.15, 0.2) is 48.5 Å². The molecule has 4 rings (SSSR count). The van der Waals surface area contributed by atoms with Crippen LogP contribution in [0.4, 0.5) is 10.1 Å². The number of nitrogens with zero attached hydrogens (tertiary/aromatic N) is 1. The number of carbonyl (C=O) groups excluding carboxylic acids is 1. The van der Waals surface area contributed by atoms with Crippen molar-refractivity contribution in [2.75, 3.05) is 18.4 Å². The van der Waals surface area contributed by atoms with Crippen molar-refractivity contribution in [3.8, 4) is 0 Å². The predicted molar refractivity (Wildman–Crippen MR) is 87.7 cm³/mol. The van der Waals surface area contributed by atoms with Gasteiger partial charge in [-0.05, 0) is 55.3 Å². The Bertz CT molecular complexity index is 733. The number of carbonyl (C=O) groups is 1. The van der Waals surface area contributed by atoms with E-state index >= 15 is 0 Å². The highest BCUT2D eigenvalue weighted by Crippen LogP contribution is 2.44. The summed E-state index contributed by atoms with van der Waals surface area (Å²) in [6, 6.07) is 14.7. The highest BCUT2D eigenvalue weighted by Gasteiger charge is 2.48. The summed E-state index contributed by atoms with van der Waals surface area (Å²) in [7, 11) is 0. The van der Waals surface area contributed by atoms with Crippen molar-refractivity contribution in [3.63, 3.8) is 0 Å². The molecule has 0 aromatic heterocycles. The molecule has 2 aromatic rings. The second kappa shape index (κ2) is 5.46. The Morgan fingerprint density at radius 2 is 1.74 bits per heavy atom. The molecule has 2 heterocycles. The second-order valence-corrected chi connectivity index (χ2v) is 6.48. The monoisotopic (exact) mass is 310 g/mol. The van der Waals surface area contributed by atoms with E-state index in [9.17, 15) is 9.18 Å². The largest absolute Gasteiger partial charge is 0.325 e. The van der Waals surface area contributed by atoms with Gasteiger partial charge in [-0.1, -0.05) is 30.3 Å². The lowest BCUT2D eigenvalue weighted by Crippen LogP contribution is -2.46. The van der Waals surface area contributed by atoms with Crippen molar-refractivity contribution in [2.24, 2.45) is 0 Å². The molecule has 0 radical (unpaired) electrons. The fraction of sp³-hybridized carbons (Fsp3) is 0.316. The molecule has 0 unspecified atom stereocenters. The Morgan fingerprint density at radius 1 is 1.04 bits per heavy atom. The molecule has 1 spiro atoms. The van der Waals surface area contributed by atoms with Crippen LogP contribution in [0.3, 0.4) is 0 Å². The maximum absolute atomic E-state index is 13.0. The van der Waals surface area contributed by atoms with Gasteiger partial charge in [0.1, 0.15) is 5.82 Å². The van der Waals surface area contributed by atoms with E-state index in [1.807, 2.05) is 30.3 Å². The van der Waals surface area contributed by atoms with Crippen LogP contribution in [0.1, 0.15) is 24.0 Å². The summed E-state index contributed by atoms with van der Waals surface area (Å²) in [6.45, 7) is 2.55. The highest BCUT2D eigenvalue weighted by molar-refractivity contribution is 6.06. The molecular formula is C19H19FN2O. The average Bonchev–Trinajstić information content (AvgIpc) is 2.84. The number of hydrogen-bond acceptors (Lipinski definition) is 2. The van der Waals surface area contributed by atoms with Crippen molar-refractivity contribution < 1.29 is 9.18 Å². The Morgan fingerprint density at radius 3 is 2.48 bits per heavy atom. The molecule has 1 fully saturated rings. The van der Waals surface area contributed by atoms with Crippen LogP contribution in [0, 0.1) is 5.82 Å². The molecule has 1 N–H and O–H groups in total. The van der Waals surface area contributed by atoms with Gasteiger partial charge in [0, 0.05) is 12.2 Å². The zero-order chi connectivity index (χ0) is 15.9. The lowest BCUT2D eigenvalue weighted by atomic mass is 9.73. The standard InChI is InChI=1S/C19H19FN2O/c20-15-7-5-14(6-8-15)13-22-11-9-19(10-12-22)16-3-1-2-4-17(16)21-18(19)23/h1-8H,9-13H2,(H,21,23). The van der Waals surface area contributed by atoms with E-state index in [1.54, 1.807) is 0 Å². The molecule has 1 amide bonds. The molecule has 0 bridgehead atoms. The number of amides is 1. The number of para-hydroxylation sites is 1. The van der Waals surface area contributed by atoms with Gasteiger partial charge in [-0.15, -0.1) is 0 Å². The van der Waals surface area contributed by atoms with Crippen molar-refractivity contribution >= 4 is 11.6 Å². The predicted octanol–water partition coefficient (Wildman–Crippen LogP) is 3.31. The number of nitrogens with one attached hydrogen (secondary N) is 1. The van der Waals surface area contributed by atoms with Crippen LogP contribution in [0.25, 0.3) is 0 Å². The first-order valence-corrected chi connectivity index (χ1v) is 8.05. The third-order valence-electron chi connectivity index (χ3n) is 5.15. The third kappa shape index (κ3) is 2.43. The van der Waals surface area contributed by atoms with Crippen molar-refractivity contribution in [1.82, 2.24) is 4.90 Å². The molecule has 0 saturated carbocycles. The Balaban J connectivity index is 1.49. The molecular weight excluding hydrogens is 291 g/mol. The van der Waals surface area contributed by atoms with Crippen LogP contribution in [0.5, 0.6) is 0 Å². The number of fused-ring (bicyclic) bond motifs is 2. The van der Waals surface area contributed by atoms with E-state index in [-0.39, 0.29) is 17.1 Å². The first kappa shape index (κ1) is 14.4. The van der Waals surface area contributed by atoms with Crippen LogP contribution in [-0.4, -0.2) is 23.9 Å². The number of rotatable bonds is 2. The van der Waals surface area contributed by atoms with E-state index in [2.05, 4.69) is 16.3 Å². The molecule has 0 atom stereocenters. The number of halogens is 1. The normalized spacial score (nSPS) is 19.6. The topological polar surface area (TPSA) is 32.3 Å². The lowest BCUT2D eigenvalue weighted by molar-refractivity contribution is -0.122. The van der Waals surface area contributed by atoms with Crippen molar-refractivity contribution in [3.05, 3.63) is 65.5 Å². The Labute approximate surface area is 135 Å². The first-order chi connectivity index (χ1) is 11.2. The third-order valence-corrected chi connectivity index (χ3v) is 5.15. The van der Waals surface area contributed by atoms with E-state index in [1.165, 1.54) is 12.1 Å². The van der Waals surface area contributed by atoms with E-state index in [0.29, 0.717) is 0 Å². The van der Waals surface area contributed by atoms with Gasteiger partial charge in [0.05, 0.1) is 5.41 Å². The molecule has 2 aliphatic heterocycles. The van der Waals surface area contributed by atoms with Gasteiger partial charge in [0.2, 0.25) is 5.91 Å². The molecule has 23 heavy (non-hydrogen) atoms. The summed E-state index contributed by atoms with van der Waals surface area (Å²) in [5, 5.41) is 3.03. The fourth-order valence-electron chi connectivity index (χ4n) is 3.81. The minimum absolute atomic E-state index is 0.139. The second-order valence-electron chi connectivity index (χ2n) is 6.48. The fourth-order valence-corrected chi connectivity index (χ4v) is 3.81. The van der Waals surface area contributed by atoms with E-state index < -0.39 is 0 Å². The minimum Gasteiger partial charge on any atom is -0.325 e. The number of benzene rings is 2. The lowest BCUT2D eigenvalue weighted by Gasteiger charge is -2.38.